The maximum Gasteiger partial charge on any atom is 0.434 e. The fraction of sp³-hybridized carbons (Fsp3) is 0.625. The first kappa shape index (κ1) is 20.2. The van der Waals surface area contributed by atoms with Crippen LogP contribution in [0.3, 0.4) is 0 Å². The molecule has 2 N–H and O–H groups in total. The minimum absolute atomic E-state index is 0.00876. The maximum absolute atomic E-state index is 12.1. The van der Waals surface area contributed by atoms with Gasteiger partial charge in [-0.3, -0.25) is 5.21 Å². The molecule has 0 aliphatic rings. The van der Waals surface area contributed by atoms with Crippen molar-refractivity contribution in [2.75, 3.05) is 6.54 Å². The molecule has 2 amide bonds. The third-order valence-corrected chi connectivity index (χ3v) is 3.56. The molecular formula is C16H26N2O5S. The zero-order chi connectivity index (χ0) is 18.5. The summed E-state index contributed by atoms with van der Waals surface area (Å²) in [5.74, 6) is 0. The van der Waals surface area contributed by atoms with Crippen molar-refractivity contribution in [3.63, 3.8) is 0 Å². The number of ether oxygens (including phenoxy) is 2. The van der Waals surface area contributed by atoms with E-state index in [1.54, 1.807) is 53.7 Å². The highest BCUT2D eigenvalue weighted by atomic mass is 32.1. The molecule has 24 heavy (non-hydrogen) atoms. The van der Waals surface area contributed by atoms with E-state index in [0.29, 0.717) is 9.94 Å². The molecule has 0 saturated heterocycles. The number of hydrogen-bond donors (Lipinski definition) is 2. The van der Waals surface area contributed by atoms with Gasteiger partial charge in [-0.25, -0.2) is 9.59 Å². The molecule has 0 fully saturated rings. The smallest absolute Gasteiger partial charge is 0.434 e. The molecule has 8 heteroatoms. The Hall–Kier alpha value is -1.80. The Morgan fingerprint density at radius 2 is 1.79 bits per heavy atom. The van der Waals surface area contributed by atoms with E-state index < -0.39 is 29.4 Å². The zero-order valence-corrected chi connectivity index (χ0v) is 15.8. The number of alkyl carbamates (subject to hydrolysis) is 1. The van der Waals surface area contributed by atoms with E-state index >= 15 is 0 Å². The predicted molar refractivity (Wildman–Crippen MR) is 91.2 cm³/mol. The number of hydrogen-bond acceptors (Lipinski definition) is 6. The van der Waals surface area contributed by atoms with Gasteiger partial charge in [-0.15, -0.1) is 11.3 Å². The van der Waals surface area contributed by atoms with Gasteiger partial charge in [0, 0.05) is 11.4 Å². The van der Waals surface area contributed by atoms with Crippen LogP contribution in [0.15, 0.2) is 17.5 Å². The van der Waals surface area contributed by atoms with Gasteiger partial charge in [0.05, 0.1) is 0 Å². The van der Waals surface area contributed by atoms with E-state index in [0.717, 1.165) is 0 Å². The highest BCUT2D eigenvalue weighted by Gasteiger charge is 2.30. The molecule has 0 aliphatic heterocycles. The Morgan fingerprint density at radius 3 is 2.25 bits per heavy atom. The highest BCUT2D eigenvalue weighted by molar-refractivity contribution is 7.10. The first-order valence-electron chi connectivity index (χ1n) is 7.60. The van der Waals surface area contributed by atoms with E-state index in [1.165, 1.54) is 11.3 Å². The molecule has 0 aliphatic carbocycles. The maximum atomic E-state index is 12.1. The lowest BCUT2D eigenvalue weighted by Crippen LogP contribution is -2.42. The van der Waals surface area contributed by atoms with Crippen molar-refractivity contribution in [1.29, 1.82) is 0 Å². The summed E-state index contributed by atoms with van der Waals surface area (Å²) in [7, 11) is 0. The topological polar surface area (TPSA) is 88.1 Å². The van der Waals surface area contributed by atoms with E-state index in [4.69, 9.17) is 9.47 Å². The second-order valence-corrected chi connectivity index (χ2v) is 8.22. The number of rotatable bonds is 4. The molecule has 1 rings (SSSR count). The van der Waals surface area contributed by atoms with Crippen molar-refractivity contribution in [3.05, 3.63) is 22.4 Å². The molecular weight excluding hydrogens is 332 g/mol. The number of nitrogens with one attached hydrogen (secondary N) is 1. The zero-order valence-electron chi connectivity index (χ0n) is 15.0. The number of hydroxylamine groups is 2. The standard InChI is InChI=1S/C16H26N2O5S/c1-15(2,3)22-13(19)17-10-11(12-8-7-9-24-12)18(21)14(20)23-16(4,5)6/h7-9,11,21H,10H2,1-6H3,(H,17,19). The minimum atomic E-state index is -0.883. The Bertz CT molecular complexity index is 546. The van der Waals surface area contributed by atoms with Crippen molar-refractivity contribution >= 4 is 23.5 Å². The quantitative estimate of drug-likeness (QED) is 0.629. The van der Waals surface area contributed by atoms with Gasteiger partial charge in [-0.2, -0.15) is 5.06 Å². The molecule has 1 atom stereocenters. The number of amides is 2. The molecule has 1 heterocycles. The summed E-state index contributed by atoms with van der Waals surface area (Å²) in [5, 5.41) is 15.1. The monoisotopic (exact) mass is 358 g/mol. The predicted octanol–water partition coefficient (Wildman–Crippen LogP) is 3.94. The average molecular weight is 358 g/mol. The van der Waals surface area contributed by atoms with E-state index in [-0.39, 0.29) is 6.54 Å². The summed E-state index contributed by atoms with van der Waals surface area (Å²) < 4.78 is 10.3. The summed E-state index contributed by atoms with van der Waals surface area (Å²) in [6.07, 6.45) is -1.51. The molecule has 0 radical (unpaired) electrons. The molecule has 1 aromatic heterocycles. The van der Waals surface area contributed by atoms with Crippen molar-refractivity contribution in [3.8, 4) is 0 Å². The lowest BCUT2D eigenvalue weighted by Gasteiger charge is -2.29. The van der Waals surface area contributed by atoms with Crippen LogP contribution in [0, 0.1) is 0 Å². The first-order valence-corrected chi connectivity index (χ1v) is 8.48. The van der Waals surface area contributed by atoms with Crippen LogP contribution in [0.5, 0.6) is 0 Å². The van der Waals surface area contributed by atoms with Gasteiger partial charge in [0.1, 0.15) is 17.2 Å². The fourth-order valence-electron chi connectivity index (χ4n) is 1.72. The van der Waals surface area contributed by atoms with Gasteiger partial charge in [0.25, 0.3) is 0 Å². The SMILES string of the molecule is CC(C)(C)OC(=O)NCC(c1cccs1)N(O)C(=O)OC(C)(C)C. The van der Waals surface area contributed by atoms with Crippen LogP contribution in [0.25, 0.3) is 0 Å². The molecule has 0 bridgehead atoms. The average Bonchev–Trinajstić information content (AvgIpc) is 2.88. The van der Waals surface area contributed by atoms with Crippen LogP contribution >= 0.6 is 11.3 Å². The molecule has 1 aromatic rings. The second-order valence-electron chi connectivity index (χ2n) is 7.24. The molecule has 0 saturated carbocycles. The van der Waals surface area contributed by atoms with Crippen molar-refractivity contribution in [2.45, 2.75) is 58.8 Å². The van der Waals surface area contributed by atoms with Gasteiger partial charge in [-0.05, 0) is 53.0 Å². The second kappa shape index (κ2) is 7.85. The lowest BCUT2D eigenvalue weighted by atomic mass is 10.2. The summed E-state index contributed by atoms with van der Waals surface area (Å²) >= 11 is 1.36. The molecule has 0 spiro atoms. The van der Waals surface area contributed by atoms with Crippen LogP contribution in [0.1, 0.15) is 52.5 Å². The third kappa shape index (κ3) is 7.18. The van der Waals surface area contributed by atoms with Crippen molar-refractivity contribution in [1.82, 2.24) is 10.4 Å². The number of carbonyl (C=O) groups excluding carboxylic acids is 2. The fourth-order valence-corrected chi connectivity index (χ4v) is 2.53. The number of thiophene rings is 1. The summed E-state index contributed by atoms with van der Waals surface area (Å²) in [6.45, 7) is 10.4. The summed E-state index contributed by atoms with van der Waals surface area (Å²) in [4.78, 5) is 24.6. The minimum Gasteiger partial charge on any atom is -0.444 e. The highest BCUT2D eigenvalue weighted by Crippen LogP contribution is 2.25. The van der Waals surface area contributed by atoms with Gasteiger partial charge in [0.15, 0.2) is 0 Å². The molecule has 0 aromatic carbocycles. The van der Waals surface area contributed by atoms with E-state index in [1.807, 2.05) is 5.38 Å². The van der Waals surface area contributed by atoms with E-state index in [2.05, 4.69) is 5.32 Å². The van der Waals surface area contributed by atoms with Gasteiger partial charge in [-0.1, -0.05) is 6.07 Å². The molecule has 1 unspecified atom stereocenters. The van der Waals surface area contributed by atoms with Crippen LogP contribution in [0.2, 0.25) is 0 Å². The summed E-state index contributed by atoms with van der Waals surface area (Å²) in [6, 6.07) is 2.79. The van der Waals surface area contributed by atoms with Gasteiger partial charge >= 0.3 is 12.2 Å². The molecule has 7 nitrogen and oxygen atoms in total. The summed E-state index contributed by atoms with van der Waals surface area (Å²) in [5.41, 5.74) is -1.37. The van der Waals surface area contributed by atoms with Crippen LogP contribution in [-0.2, 0) is 9.47 Å². The Labute approximate surface area is 146 Å². The Morgan fingerprint density at radius 1 is 1.21 bits per heavy atom. The number of carbonyl (C=O) groups is 2. The largest absolute Gasteiger partial charge is 0.444 e. The van der Waals surface area contributed by atoms with Crippen LogP contribution < -0.4 is 5.32 Å². The van der Waals surface area contributed by atoms with Gasteiger partial charge in [0.2, 0.25) is 0 Å². The Balaban J connectivity index is 2.79. The third-order valence-electron chi connectivity index (χ3n) is 2.59. The van der Waals surface area contributed by atoms with Gasteiger partial charge < -0.3 is 14.8 Å². The van der Waals surface area contributed by atoms with Crippen molar-refractivity contribution < 1.29 is 24.3 Å². The normalized spacial score (nSPS) is 13.1. The van der Waals surface area contributed by atoms with Crippen LogP contribution in [-0.4, -0.2) is 40.2 Å². The molecule has 136 valence electrons. The Kier molecular flexibility index (Phi) is 6.62. The first-order chi connectivity index (χ1) is 10.9. The van der Waals surface area contributed by atoms with Crippen molar-refractivity contribution in [2.24, 2.45) is 0 Å². The lowest BCUT2D eigenvalue weighted by molar-refractivity contribution is -0.120. The van der Waals surface area contributed by atoms with E-state index in [9.17, 15) is 14.8 Å². The van der Waals surface area contributed by atoms with Crippen LogP contribution in [0.4, 0.5) is 9.59 Å². The number of nitrogens with zero attached hydrogens (tertiary/aromatic N) is 1.